The van der Waals surface area contributed by atoms with E-state index in [1.54, 1.807) is 37.9 Å². The van der Waals surface area contributed by atoms with Crippen LogP contribution in [0.25, 0.3) is 0 Å². The number of carbonyl (C=O) groups is 1. The number of hydrogen-bond donors (Lipinski definition) is 2. The standard InChI is InChI=1S/C13H20N4O3S/c1-13(2)12(18)16(3)7-8-17(13)9-5-4-6-10(11(9)14)21(15,19)20/h4-6H,7-8,14H2,1-3H3,(H2,15,19,20). The minimum Gasteiger partial charge on any atom is -0.396 e. The van der Waals surface area contributed by atoms with Crippen molar-refractivity contribution < 1.29 is 13.2 Å². The van der Waals surface area contributed by atoms with Crippen LogP contribution in [0.1, 0.15) is 13.8 Å². The van der Waals surface area contributed by atoms with Crippen molar-refractivity contribution in [2.24, 2.45) is 5.14 Å². The highest BCUT2D eigenvalue weighted by atomic mass is 32.2. The number of rotatable bonds is 2. The van der Waals surface area contributed by atoms with Gasteiger partial charge in [0.2, 0.25) is 15.9 Å². The number of likely N-dealkylation sites (N-methyl/N-ethyl adjacent to an activating group) is 1. The molecule has 1 aliphatic rings. The van der Waals surface area contributed by atoms with Crippen LogP contribution in [-0.2, 0) is 14.8 Å². The molecule has 0 spiro atoms. The number of anilines is 2. The third-order valence-corrected chi connectivity index (χ3v) is 4.81. The average molecular weight is 312 g/mol. The van der Waals surface area contributed by atoms with Gasteiger partial charge in [-0.05, 0) is 26.0 Å². The van der Waals surface area contributed by atoms with Gasteiger partial charge in [0, 0.05) is 20.1 Å². The summed E-state index contributed by atoms with van der Waals surface area (Å²) in [5, 5.41) is 5.17. The molecule has 7 nitrogen and oxygen atoms in total. The number of carbonyl (C=O) groups excluding carboxylic acids is 1. The number of sulfonamides is 1. The predicted molar refractivity (Wildman–Crippen MR) is 81.3 cm³/mol. The van der Waals surface area contributed by atoms with Crippen LogP contribution in [0.2, 0.25) is 0 Å². The van der Waals surface area contributed by atoms with Gasteiger partial charge in [0.05, 0.1) is 11.4 Å². The molecule has 8 heteroatoms. The molecule has 4 N–H and O–H groups in total. The SMILES string of the molecule is CN1CCN(c2cccc(S(N)(=O)=O)c2N)C(C)(C)C1=O. The summed E-state index contributed by atoms with van der Waals surface area (Å²) in [6.07, 6.45) is 0. The fraction of sp³-hybridized carbons (Fsp3) is 0.462. The maximum atomic E-state index is 12.3. The Kier molecular flexibility index (Phi) is 3.63. The summed E-state index contributed by atoms with van der Waals surface area (Å²) in [5.41, 5.74) is 5.75. The number of benzene rings is 1. The first kappa shape index (κ1) is 15.6. The predicted octanol–water partition coefficient (Wildman–Crippen LogP) is -0.0268. The van der Waals surface area contributed by atoms with Crippen molar-refractivity contribution in [2.75, 3.05) is 30.8 Å². The van der Waals surface area contributed by atoms with Gasteiger partial charge in [-0.2, -0.15) is 0 Å². The summed E-state index contributed by atoms with van der Waals surface area (Å²) in [6.45, 7) is 4.68. The van der Waals surface area contributed by atoms with Crippen LogP contribution in [0.4, 0.5) is 11.4 Å². The first-order valence-electron chi connectivity index (χ1n) is 6.51. The highest BCUT2D eigenvalue weighted by molar-refractivity contribution is 7.89. The summed E-state index contributed by atoms with van der Waals surface area (Å²) < 4.78 is 23.1. The Morgan fingerprint density at radius 1 is 1.24 bits per heavy atom. The Morgan fingerprint density at radius 3 is 2.43 bits per heavy atom. The number of piperazine rings is 1. The molecule has 1 amide bonds. The largest absolute Gasteiger partial charge is 0.396 e. The fourth-order valence-corrected chi connectivity index (χ4v) is 3.33. The molecule has 1 aromatic rings. The summed E-state index contributed by atoms with van der Waals surface area (Å²) in [7, 11) is -2.16. The lowest BCUT2D eigenvalue weighted by Crippen LogP contribution is -2.62. The maximum Gasteiger partial charge on any atom is 0.247 e. The molecule has 0 unspecified atom stereocenters. The van der Waals surface area contributed by atoms with E-state index in [-0.39, 0.29) is 16.5 Å². The average Bonchev–Trinajstić information content (AvgIpc) is 2.36. The molecule has 1 saturated heterocycles. The van der Waals surface area contributed by atoms with Gasteiger partial charge in [-0.1, -0.05) is 6.07 Å². The van der Waals surface area contributed by atoms with Crippen molar-refractivity contribution in [2.45, 2.75) is 24.3 Å². The third kappa shape index (κ3) is 2.56. The van der Waals surface area contributed by atoms with Gasteiger partial charge in [0.25, 0.3) is 0 Å². The number of hydrogen-bond acceptors (Lipinski definition) is 5. The van der Waals surface area contributed by atoms with E-state index >= 15 is 0 Å². The molecule has 21 heavy (non-hydrogen) atoms. The van der Waals surface area contributed by atoms with Gasteiger partial charge < -0.3 is 15.5 Å². The summed E-state index contributed by atoms with van der Waals surface area (Å²) >= 11 is 0. The van der Waals surface area contributed by atoms with Crippen LogP contribution in [0.5, 0.6) is 0 Å². The summed E-state index contributed by atoms with van der Waals surface area (Å²) in [4.78, 5) is 15.7. The second kappa shape index (κ2) is 4.88. The van der Waals surface area contributed by atoms with E-state index in [1.165, 1.54) is 6.07 Å². The first-order valence-corrected chi connectivity index (χ1v) is 8.06. The Bertz CT molecular complexity index is 685. The zero-order valence-electron chi connectivity index (χ0n) is 12.3. The van der Waals surface area contributed by atoms with E-state index in [1.807, 2.05) is 4.90 Å². The Morgan fingerprint density at radius 2 is 1.86 bits per heavy atom. The molecular weight excluding hydrogens is 292 g/mol. The number of para-hydroxylation sites is 1. The van der Waals surface area contributed by atoms with E-state index in [9.17, 15) is 13.2 Å². The van der Waals surface area contributed by atoms with E-state index < -0.39 is 15.6 Å². The molecule has 116 valence electrons. The lowest BCUT2D eigenvalue weighted by Gasteiger charge is -2.46. The second-order valence-electron chi connectivity index (χ2n) is 5.67. The van der Waals surface area contributed by atoms with Gasteiger partial charge in [-0.15, -0.1) is 0 Å². The molecule has 0 aliphatic carbocycles. The quantitative estimate of drug-likeness (QED) is 0.745. The normalized spacial score (nSPS) is 19.0. The maximum absolute atomic E-state index is 12.3. The van der Waals surface area contributed by atoms with E-state index in [2.05, 4.69) is 0 Å². The molecule has 1 aliphatic heterocycles. The molecule has 0 atom stereocenters. The highest BCUT2D eigenvalue weighted by Gasteiger charge is 2.41. The highest BCUT2D eigenvalue weighted by Crippen LogP contribution is 2.35. The third-order valence-electron chi connectivity index (χ3n) is 3.84. The smallest absolute Gasteiger partial charge is 0.247 e. The molecule has 2 rings (SSSR count). The minimum absolute atomic E-state index is 0.0471. The number of primary sulfonamides is 1. The lowest BCUT2D eigenvalue weighted by atomic mass is 9.96. The molecule has 1 fully saturated rings. The number of nitrogen functional groups attached to an aromatic ring is 1. The number of nitrogens with two attached hydrogens (primary N) is 2. The first-order chi connectivity index (χ1) is 9.56. The van der Waals surface area contributed by atoms with Crippen LogP contribution >= 0.6 is 0 Å². The molecule has 0 bridgehead atoms. The van der Waals surface area contributed by atoms with Gasteiger partial charge in [0.1, 0.15) is 10.4 Å². The topological polar surface area (TPSA) is 110 Å². The summed E-state index contributed by atoms with van der Waals surface area (Å²) in [5.74, 6) is -0.0471. The van der Waals surface area contributed by atoms with Gasteiger partial charge in [-0.25, -0.2) is 13.6 Å². The Hall–Kier alpha value is -1.80. The van der Waals surface area contributed by atoms with Crippen molar-refractivity contribution >= 4 is 27.3 Å². The van der Waals surface area contributed by atoms with Crippen LogP contribution in [0.3, 0.4) is 0 Å². The van der Waals surface area contributed by atoms with Crippen LogP contribution in [0.15, 0.2) is 23.1 Å². The second-order valence-corrected chi connectivity index (χ2v) is 7.20. The van der Waals surface area contributed by atoms with Gasteiger partial charge >= 0.3 is 0 Å². The molecule has 0 aromatic heterocycles. The molecular formula is C13H20N4O3S. The van der Waals surface area contributed by atoms with Gasteiger partial charge in [-0.3, -0.25) is 4.79 Å². The van der Waals surface area contributed by atoms with Crippen LogP contribution < -0.4 is 15.8 Å². The molecule has 1 heterocycles. The monoisotopic (exact) mass is 312 g/mol. The molecule has 0 saturated carbocycles. The van der Waals surface area contributed by atoms with E-state index in [4.69, 9.17) is 10.9 Å². The Labute approximate surface area is 124 Å². The Balaban J connectivity index is 2.55. The van der Waals surface area contributed by atoms with Crippen molar-refractivity contribution in [1.82, 2.24) is 4.90 Å². The zero-order chi connectivity index (χ0) is 16.0. The number of nitrogens with zero attached hydrogens (tertiary/aromatic N) is 2. The van der Waals surface area contributed by atoms with Gasteiger partial charge in [0.15, 0.2) is 0 Å². The fourth-order valence-electron chi connectivity index (χ4n) is 2.65. The van der Waals surface area contributed by atoms with Crippen molar-refractivity contribution in [3.05, 3.63) is 18.2 Å². The van der Waals surface area contributed by atoms with Crippen molar-refractivity contribution in [3.63, 3.8) is 0 Å². The van der Waals surface area contributed by atoms with Crippen molar-refractivity contribution in [3.8, 4) is 0 Å². The number of amides is 1. The van der Waals surface area contributed by atoms with Crippen LogP contribution in [-0.4, -0.2) is 44.9 Å². The minimum atomic E-state index is -3.90. The lowest BCUT2D eigenvalue weighted by molar-refractivity contribution is -0.136. The zero-order valence-corrected chi connectivity index (χ0v) is 13.1. The molecule has 0 radical (unpaired) electrons. The van der Waals surface area contributed by atoms with Crippen molar-refractivity contribution in [1.29, 1.82) is 0 Å². The molecule has 1 aromatic carbocycles. The van der Waals surface area contributed by atoms with Crippen LogP contribution in [0, 0.1) is 0 Å². The van der Waals surface area contributed by atoms with E-state index in [0.29, 0.717) is 18.8 Å². The summed E-state index contributed by atoms with van der Waals surface area (Å²) in [6, 6.07) is 4.63. The van der Waals surface area contributed by atoms with E-state index in [0.717, 1.165) is 0 Å².